The van der Waals surface area contributed by atoms with Gasteiger partial charge in [0, 0.05) is 11.5 Å². The van der Waals surface area contributed by atoms with Crippen LogP contribution in [0.4, 0.5) is 4.39 Å². The lowest BCUT2D eigenvalue weighted by Crippen LogP contribution is -2.32. The van der Waals surface area contributed by atoms with Gasteiger partial charge >= 0.3 is 0 Å². The smallest absolute Gasteiger partial charge is 0.168 e. The van der Waals surface area contributed by atoms with Gasteiger partial charge in [-0.05, 0) is 43.9 Å². The maximum absolute atomic E-state index is 13.8. The van der Waals surface area contributed by atoms with Crippen LogP contribution in [-0.2, 0) is 5.41 Å². The number of rotatable bonds is 2. The van der Waals surface area contributed by atoms with Crippen LogP contribution in [0.5, 0.6) is 5.75 Å². The summed E-state index contributed by atoms with van der Waals surface area (Å²) in [6.07, 6.45) is 1.81. The molecule has 0 saturated heterocycles. The average molecular weight is 209 g/mol. The number of phenolic OH excluding ortho intramolecular Hbond substituents is 1. The lowest BCUT2D eigenvalue weighted by Gasteiger charge is -2.21. The normalized spacial score (nSPS) is 20.0. The molecule has 1 unspecified atom stereocenters. The Morgan fingerprint density at radius 2 is 2.07 bits per heavy atom. The van der Waals surface area contributed by atoms with Crippen LogP contribution in [0, 0.1) is 12.7 Å². The highest BCUT2D eigenvalue weighted by atomic mass is 19.1. The zero-order valence-electron chi connectivity index (χ0n) is 9.05. The van der Waals surface area contributed by atoms with Gasteiger partial charge in [-0.2, -0.15) is 0 Å². The Labute approximate surface area is 88.9 Å². The summed E-state index contributed by atoms with van der Waals surface area (Å²) in [4.78, 5) is 0. The molecule has 1 aromatic rings. The van der Waals surface area contributed by atoms with E-state index in [4.69, 9.17) is 5.73 Å². The van der Waals surface area contributed by atoms with E-state index in [1.807, 2.05) is 13.8 Å². The summed E-state index contributed by atoms with van der Waals surface area (Å²) in [5.41, 5.74) is 7.09. The lowest BCUT2D eigenvalue weighted by atomic mass is 9.88. The number of aromatic hydroxyl groups is 1. The molecule has 1 aliphatic carbocycles. The molecule has 1 aromatic carbocycles. The van der Waals surface area contributed by atoms with Crippen LogP contribution in [0.3, 0.4) is 0 Å². The number of halogens is 1. The molecular formula is C12H16FNO. The summed E-state index contributed by atoms with van der Waals surface area (Å²) in [6, 6.07) is 3.16. The molecule has 2 nitrogen and oxygen atoms in total. The Kier molecular flexibility index (Phi) is 2.23. The Hall–Kier alpha value is -1.09. The van der Waals surface area contributed by atoms with E-state index < -0.39 is 5.82 Å². The van der Waals surface area contributed by atoms with Crippen LogP contribution < -0.4 is 5.73 Å². The standard InChI is InChI=1S/C12H16FNO/c1-7-5-9(11(13)10(15)6-7)12(3-4-12)8(2)14/h5-6,8,15H,3-4,14H2,1-2H3. The number of hydrogen-bond acceptors (Lipinski definition) is 2. The number of phenols is 1. The summed E-state index contributed by atoms with van der Waals surface area (Å²) in [5.74, 6) is -0.771. The third-order valence-corrected chi connectivity index (χ3v) is 3.39. The van der Waals surface area contributed by atoms with Gasteiger partial charge in [0.2, 0.25) is 0 Å². The predicted molar refractivity (Wildman–Crippen MR) is 57.4 cm³/mol. The van der Waals surface area contributed by atoms with Gasteiger partial charge in [0.15, 0.2) is 11.6 Å². The molecule has 0 heterocycles. The van der Waals surface area contributed by atoms with E-state index in [9.17, 15) is 9.50 Å². The molecule has 0 amide bonds. The summed E-state index contributed by atoms with van der Waals surface area (Å²) in [7, 11) is 0. The molecule has 3 N–H and O–H groups in total. The predicted octanol–water partition coefficient (Wildman–Crippen LogP) is 2.22. The molecule has 0 aromatic heterocycles. The molecule has 3 heteroatoms. The van der Waals surface area contributed by atoms with E-state index in [0.29, 0.717) is 5.56 Å². The second-order valence-electron chi connectivity index (χ2n) is 4.59. The van der Waals surface area contributed by atoms with Crippen LogP contribution in [0.1, 0.15) is 30.9 Å². The second-order valence-corrected chi connectivity index (χ2v) is 4.59. The number of benzene rings is 1. The molecule has 1 fully saturated rings. The molecule has 0 aliphatic heterocycles. The highest BCUT2D eigenvalue weighted by Gasteiger charge is 2.49. The zero-order valence-corrected chi connectivity index (χ0v) is 9.05. The fourth-order valence-electron chi connectivity index (χ4n) is 2.22. The molecule has 15 heavy (non-hydrogen) atoms. The van der Waals surface area contributed by atoms with Crippen molar-refractivity contribution in [1.29, 1.82) is 0 Å². The second kappa shape index (κ2) is 3.20. The highest BCUT2D eigenvalue weighted by molar-refractivity contribution is 5.43. The van der Waals surface area contributed by atoms with Gasteiger partial charge in [0.25, 0.3) is 0 Å². The van der Waals surface area contributed by atoms with Crippen molar-refractivity contribution in [3.05, 3.63) is 29.1 Å². The Morgan fingerprint density at radius 1 is 1.47 bits per heavy atom. The van der Waals surface area contributed by atoms with Gasteiger partial charge in [-0.15, -0.1) is 0 Å². The number of hydrogen-bond donors (Lipinski definition) is 2. The lowest BCUT2D eigenvalue weighted by molar-refractivity contribution is 0.417. The monoisotopic (exact) mass is 209 g/mol. The fourth-order valence-corrected chi connectivity index (χ4v) is 2.22. The minimum atomic E-state index is -0.504. The van der Waals surface area contributed by atoms with Crippen molar-refractivity contribution >= 4 is 0 Å². The van der Waals surface area contributed by atoms with E-state index >= 15 is 0 Å². The van der Waals surface area contributed by atoms with Crippen LogP contribution in [0.15, 0.2) is 12.1 Å². The third-order valence-electron chi connectivity index (χ3n) is 3.39. The first-order chi connectivity index (χ1) is 6.97. The van der Waals surface area contributed by atoms with Crippen LogP contribution in [0.25, 0.3) is 0 Å². The van der Waals surface area contributed by atoms with E-state index in [0.717, 1.165) is 18.4 Å². The minimum absolute atomic E-state index is 0.0757. The van der Waals surface area contributed by atoms with E-state index in [2.05, 4.69) is 0 Å². The maximum Gasteiger partial charge on any atom is 0.168 e. The van der Waals surface area contributed by atoms with Crippen LogP contribution >= 0.6 is 0 Å². The molecule has 1 atom stereocenters. The Bertz CT molecular complexity index is 397. The molecule has 2 rings (SSSR count). The molecular weight excluding hydrogens is 193 g/mol. The number of nitrogens with two attached hydrogens (primary N) is 1. The average Bonchev–Trinajstić information content (AvgIpc) is 2.91. The summed E-state index contributed by atoms with van der Waals surface area (Å²) < 4.78 is 13.8. The van der Waals surface area contributed by atoms with E-state index in [1.165, 1.54) is 6.07 Å². The Morgan fingerprint density at radius 3 is 2.53 bits per heavy atom. The minimum Gasteiger partial charge on any atom is -0.505 e. The van der Waals surface area contributed by atoms with Crippen LogP contribution in [-0.4, -0.2) is 11.1 Å². The molecule has 82 valence electrons. The number of aryl methyl sites for hydroxylation is 1. The van der Waals surface area contributed by atoms with Crippen molar-refractivity contribution in [1.82, 2.24) is 0 Å². The first-order valence-corrected chi connectivity index (χ1v) is 5.22. The van der Waals surface area contributed by atoms with Gasteiger partial charge < -0.3 is 10.8 Å². The van der Waals surface area contributed by atoms with Crippen molar-refractivity contribution in [2.45, 2.75) is 38.1 Å². The zero-order chi connectivity index (χ0) is 11.2. The fraction of sp³-hybridized carbons (Fsp3) is 0.500. The highest BCUT2D eigenvalue weighted by Crippen LogP contribution is 2.52. The summed E-state index contributed by atoms with van der Waals surface area (Å²) in [6.45, 7) is 3.74. The molecule has 0 bridgehead atoms. The first kappa shape index (κ1) is 10.4. The molecule has 0 spiro atoms. The SMILES string of the molecule is Cc1cc(O)c(F)c(C2(C(C)N)CC2)c1. The van der Waals surface area contributed by atoms with Crippen molar-refractivity contribution in [2.24, 2.45) is 5.73 Å². The summed E-state index contributed by atoms with van der Waals surface area (Å²) >= 11 is 0. The van der Waals surface area contributed by atoms with E-state index in [-0.39, 0.29) is 17.2 Å². The van der Waals surface area contributed by atoms with Crippen molar-refractivity contribution in [2.75, 3.05) is 0 Å². The molecule has 1 saturated carbocycles. The van der Waals surface area contributed by atoms with Crippen molar-refractivity contribution in [3.63, 3.8) is 0 Å². The van der Waals surface area contributed by atoms with Crippen molar-refractivity contribution < 1.29 is 9.50 Å². The van der Waals surface area contributed by atoms with E-state index in [1.54, 1.807) is 6.07 Å². The molecule has 1 aliphatic rings. The quantitative estimate of drug-likeness (QED) is 0.784. The maximum atomic E-state index is 13.8. The van der Waals surface area contributed by atoms with Crippen molar-refractivity contribution in [3.8, 4) is 5.75 Å². The Balaban J connectivity index is 2.53. The van der Waals surface area contributed by atoms with Gasteiger partial charge in [-0.3, -0.25) is 0 Å². The topological polar surface area (TPSA) is 46.2 Å². The third kappa shape index (κ3) is 1.51. The van der Waals surface area contributed by atoms with Gasteiger partial charge in [0.05, 0.1) is 0 Å². The largest absolute Gasteiger partial charge is 0.505 e. The van der Waals surface area contributed by atoms with Gasteiger partial charge in [0.1, 0.15) is 0 Å². The summed E-state index contributed by atoms with van der Waals surface area (Å²) in [5, 5.41) is 9.44. The first-order valence-electron chi connectivity index (χ1n) is 5.22. The molecule has 0 radical (unpaired) electrons. The van der Waals surface area contributed by atoms with Gasteiger partial charge in [-0.25, -0.2) is 4.39 Å². The van der Waals surface area contributed by atoms with Gasteiger partial charge in [-0.1, -0.05) is 6.07 Å². The van der Waals surface area contributed by atoms with Crippen LogP contribution in [0.2, 0.25) is 0 Å².